The lowest BCUT2D eigenvalue weighted by molar-refractivity contribution is 0.414. The third kappa shape index (κ3) is 12.8. The average Bonchev–Trinajstić information content (AvgIpc) is 1.60. The van der Waals surface area contributed by atoms with Gasteiger partial charge in [0.15, 0.2) is 0 Å². The molecule has 14 nitrogen and oxygen atoms in total. The molecule has 2 aromatic heterocycles. The topological polar surface area (TPSA) is 118 Å². The van der Waals surface area contributed by atoms with E-state index in [0.717, 1.165) is 169 Å². The van der Waals surface area contributed by atoms with Crippen LogP contribution in [0.2, 0.25) is 0 Å². The molecule has 0 saturated carbocycles. The van der Waals surface area contributed by atoms with E-state index in [4.69, 9.17) is 37.9 Å². The van der Waals surface area contributed by atoms with Crippen molar-refractivity contribution in [2.45, 2.75) is 12.8 Å². The zero-order chi connectivity index (χ0) is 69.8. The Morgan fingerprint density at radius 3 is 0.637 bits per heavy atom. The molecule has 506 valence electrons. The van der Waals surface area contributed by atoms with E-state index in [-0.39, 0.29) is 0 Å². The average molecular weight is 1350 g/mol. The molecule has 0 amide bonds. The van der Waals surface area contributed by atoms with Crippen molar-refractivity contribution in [3.63, 3.8) is 0 Å². The molecule has 0 radical (unpaired) electrons. The lowest BCUT2D eigenvalue weighted by Gasteiger charge is -2.27. The molecule has 13 aromatic carbocycles. The van der Waals surface area contributed by atoms with E-state index in [1.165, 1.54) is 11.1 Å². The molecule has 15 rings (SSSR count). The molecule has 102 heavy (non-hydrogen) atoms. The molecule has 0 unspecified atom stereocenters. The Kier molecular flexibility index (Phi) is 18.2. The van der Waals surface area contributed by atoms with Crippen molar-refractivity contribution in [3.8, 4) is 46.0 Å². The Bertz CT molecular complexity index is 4900. The predicted octanol–water partition coefficient (Wildman–Crippen LogP) is 22.1. The standard InChI is InChI=1S/C88H76N6O8/c1-95-73-31-13-61(14-32-73)91(62-15-33-74(96-2)34-16-62)69-29-47-85-81(53-69)83-55-71(93(65-21-39-77(99-5)40-22-65)66-23-41-78(100-6)42-24-66)51-59(87(83)89-85)49-57-11-9-10-12-58(57)50-60-52-72(94(67-25-43-79(101-7)44-26-67)68-27-45-80(102-8)46-28-68)56-84-82-54-70(30-48-86(82)90-88(60)84)92(63-17-35-75(97-3)36-18-63)64-19-37-76(98-4)38-20-64/h9-48,51-56,89-90H,49-50H2,1-8H3. The van der Waals surface area contributed by atoms with Crippen LogP contribution >= 0.6 is 0 Å². The summed E-state index contributed by atoms with van der Waals surface area (Å²) in [7, 11) is 13.5. The van der Waals surface area contributed by atoms with Crippen LogP contribution in [0, 0.1) is 0 Å². The normalized spacial score (nSPS) is 11.2. The highest BCUT2D eigenvalue weighted by atomic mass is 16.5. The quantitative estimate of drug-likeness (QED) is 0.0600. The van der Waals surface area contributed by atoms with Crippen LogP contribution in [0.3, 0.4) is 0 Å². The highest BCUT2D eigenvalue weighted by Crippen LogP contribution is 2.47. The molecular formula is C88H76N6O8. The van der Waals surface area contributed by atoms with Gasteiger partial charge in [0.2, 0.25) is 0 Å². The summed E-state index contributed by atoms with van der Waals surface area (Å²) in [5, 5.41) is 4.25. The molecule has 15 aromatic rings. The van der Waals surface area contributed by atoms with Crippen LogP contribution in [0.5, 0.6) is 46.0 Å². The number of H-pyrrole nitrogens is 2. The lowest BCUT2D eigenvalue weighted by Crippen LogP contribution is -2.11. The maximum Gasteiger partial charge on any atom is 0.119 e. The number of hydrogen-bond donors (Lipinski definition) is 2. The fourth-order valence-corrected chi connectivity index (χ4v) is 13.9. The van der Waals surface area contributed by atoms with Crippen molar-refractivity contribution in [2.24, 2.45) is 0 Å². The zero-order valence-electron chi connectivity index (χ0n) is 58.0. The molecule has 0 aliphatic rings. The summed E-state index contributed by atoms with van der Waals surface area (Å²) in [6.45, 7) is 0. The van der Waals surface area contributed by atoms with Gasteiger partial charge in [0, 0.05) is 101 Å². The van der Waals surface area contributed by atoms with Crippen molar-refractivity contribution in [1.82, 2.24) is 9.97 Å². The van der Waals surface area contributed by atoms with E-state index in [2.05, 4.69) is 212 Å². The van der Waals surface area contributed by atoms with Crippen molar-refractivity contribution in [2.75, 3.05) is 76.5 Å². The highest BCUT2D eigenvalue weighted by Gasteiger charge is 2.25. The van der Waals surface area contributed by atoms with Crippen LogP contribution < -0.4 is 57.5 Å². The maximum absolute atomic E-state index is 5.74. The molecule has 14 heteroatoms. The molecule has 0 atom stereocenters. The highest BCUT2D eigenvalue weighted by molar-refractivity contribution is 6.13. The van der Waals surface area contributed by atoms with Crippen molar-refractivity contribution >= 4 is 112 Å². The minimum Gasteiger partial charge on any atom is -0.497 e. The number of hydrogen-bond acceptors (Lipinski definition) is 12. The second-order valence-corrected chi connectivity index (χ2v) is 24.8. The molecule has 2 N–H and O–H groups in total. The minimum absolute atomic E-state index is 0.582. The SMILES string of the molecule is COc1ccc(N(c2ccc(OC)cc2)c2ccc3[nH]c4c(Cc5ccccc5Cc5cc(N(c6ccc(OC)cc6)c6ccc(OC)cc6)cc6c5[nH]c5ccc(N(c7ccc(OC)cc7)c7ccc(OC)cc7)cc56)cc(N(c5ccc(OC)cc5)c5ccc(OC)cc5)cc4c3c2)cc1. The van der Waals surface area contributed by atoms with Gasteiger partial charge in [0.05, 0.1) is 67.9 Å². The first-order valence-corrected chi connectivity index (χ1v) is 33.7. The first kappa shape index (κ1) is 65.0. The van der Waals surface area contributed by atoms with Crippen LogP contribution in [0.25, 0.3) is 43.6 Å². The summed E-state index contributed by atoms with van der Waals surface area (Å²) < 4.78 is 45.5. The van der Waals surface area contributed by atoms with Gasteiger partial charge in [-0.05, 0) is 290 Å². The van der Waals surface area contributed by atoms with Crippen LogP contribution in [0.1, 0.15) is 22.3 Å². The monoisotopic (exact) mass is 1340 g/mol. The summed E-state index contributed by atoms with van der Waals surface area (Å²) >= 11 is 0. The molecule has 0 aliphatic heterocycles. The van der Waals surface area contributed by atoms with Crippen LogP contribution in [0.15, 0.2) is 279 Å². The van der Waals surface area contributed by atoms with E-state index in [1.807, 2.05) is 97.1 Å². The Morgan fingerprint density at radius 2 is 0.412 bits per heavy atom. The molecule has 0 spiro atoms. The van der Waals surface area contributed by atoms with Gasteiger partial charge in [0.1, 0.15) is 46.0 Å². The molecule has 2 heterocycles. The molecule has 0 saturated heterocycles. The number of nitrogens with one attached hydrogen (secondary N) is 2. The number of benzene rings is 13. The van der Waals surface area contributed by atoms with Crippen molar-refractivity contribution in [3.05, 3.63) is 301 Å². The summed E-state index contributed by atoms with van der Waals surface area (Å²) in [6, 6.07) is 97.3. The molecule has 0 bridgehead atoms. The van der Waals surface area contributed by atoms with Gasteiger partial charge in [-0.25, -0.2) is 0 Å². The Morgan fingerprint density at radius 1 is 0.206 bits per heavy atom. The number of anilines is 12. The van der Waals surface area contributed by atoms with Crippen LogP contribution in [-0.4, -0.2) is 66.8 Å². The van der Waals surface area contributed by atoms with Gasteiger partial charge in [-0.1, -0.05) is 24.3 Å². The predicted molar refractivity (Wildman–Crippen MR) is 415 cm³/mol. The molecular weight excluding hydrogens is 1270 g/mol. The Hall–Kier alpha value is -12.9. The van der Waals surface area contributed by atoms with E-state index >= 15 is 0 Å². The van der Waals surface area contributed by atoms with Crippen molar-refractivity contribution < 1.29 is 37.9 Å². The van der Waals surface area contributed by atoms with Gasteiger partial charge in [-0.15, -0.1) is 0 Å². The first-order valence-electron chi connectivity index (χ1n) is 33.7. The summed E-state index contributed by atoms with van der Waals surface area (Å²) in [5.74, 6) is 6.14. The van der Waals surface area contributed by atoms with E-state index in [1.54, 1.807) is 56.9 Å². The van der Waals surface area contributed by atoms with E-state index in [0.29, 0.717) is 12.8 Å². The Balaban J connectivity index is 0.918. The fraction of sp³-hybridized carbons (Fsp3) is 0.114. The van der Waals surface area contributed by atoms with Gasteiger partial charge >= 0.3 is 0 Å². The molecule has 0 aliphatic carbocycles. The first-order chi connectivity index (χ1) is 50.1. The second kappa shape index (κ2) is 28.5. The zero-order valence-corrected chi connectivity index (χ0v) is 58.0. The third-order valence-corrected chi connectivity index (χ3v) is 19.1. The van der Waals surface area contributed by atoms with E-state index in [9.17, 15) is 0 Å². The summed E-state index contributed by atoms with van der Waals surface area (Å²) in [4.78, 5) is 17.1. The number of nitrogens with zero attached hydrogens (tertiary/aromatic N) is 4. The number of aromatic nitrogens is 2. The van der Waals surface area contributed by atoms with Gasteiger partial charge in [0.25, 0.3) is 0 Å². The Labute approximate surface area is 593 Å². The van der Waals surface area contributed by atoms with Crippen LogP contribution in [-0.2, 0) is 12.8 Å². The van der Waals surface area contributed by atoms with Gasteiger partial charge in [-0.2, -0.15) is 0 Å². The number of fused-ring (bicyclic) bond motifs is 6. The molecule has 0 fully saturated rings. The lowest BCUT2D eigenvalue weighted by atomic mass is 9.92. The number of ether oxygens (including phenoxy) is 8. The van der Waals surface area contributed by atoms with Crippen LogP contribution in [0.4, 0.5) is 68.2 Å². The summed E-state index contributed by atoms with van der Waals surface area (Å²) in [5.41, 5.74) is 20.3. The van der Waals surface area contributed by atoms with Gasteiger partial charge < -0.3 is 67.5 Å². The number of rotatable bonds is 24. The van der Waals surface area contributed by atoms with Crippen molar-refractivity contribution in [1.29, 1.82) is 0 Å². The fourth-order valence-electron chi connectivity index (χ4n) is 13.9. The smallest absolute Gasteiger partial charge is 0.119 e. The second-order valence-electron chi connectivity index (χ2n) is 24.8. The van der Waals surface area contributed by atoms with Gasteiger partial charge in [-0.3, -0.25) is 0 Å². The third-order valence-electron chi connectivity index (χ3n) is 19.1. The minimum atomic E-state index is 0.582. The summed E-state index contributed by atoms with van der Waals surface area (Å²) in [6.07, 6.45) is 1.16. The maximum atomic E-state index is 5.74. The largest absolute Gasteiger partial charge is 0.497 e. The number of aromatic amines is 2. The number of methoxy groups -OCH3 is 8. The van der Waals surface area contributed by atoms with E-state index < -0.39 is 0 Å².